The summed E-state index contributed by atoms with van der Waals surface area (Å²) < 4.78 is 37.0. The van der Waals surface area contributed by atoms with Crippen LogP contribution in [0.4, 0.5) is 19.4 Å². The molecule has 1 saturated heterocycles. The number of halogens is 2. The molecule has 7 nitrogen and oxygen atoms in total. The maximum atomic E-state index is 13.8. The van der Waals surface area contributed by atoms with Crippen molar-refractivity contribution in [2.45, 2.75) is 19.1 Å². The molecule has 2 atom stereocenters. The maximum absolute atomic E-state index is 13.8. The second kappa shape index (κ2) is 5.02. The van der Waals surface area contributed by atoms with Crippen molar-refractivity contribution in [1.82, 2.24) is 5.16 Å². The Hall–Kier alpha value is -2.55. The van der Waals surface area contributed by atoms with Crippen molar-refractivity contribution >= 4 is 29.2 Å². The Kier molecular flexibility index (Phi) is 3.28. The van der Waals surface area contributed by atoms with E-state index in [9.17, 15) is 23.5 Å². The number of nitrogens with zero attached hydrogens (tertiary/aromatic N) is 2. The molecule has 0 aliphatic carbocycles. The van der Waals surface area contributed by atoms with Crippen LogP contribution in [-0.2, 0) is 4.74 Å². The fraction of sp³-hybridized carbons (Fsp3) is 0.308. The van der Waals surface area contributed by atoms with Crippen molar-refractivity contribution < 1.29 is 32.7 Å². The Bertz CT molecular complexity index is 773. The quantitative estimate of drug-likeness (QED) is 0.866. The normalized spacial score (nSPS) is 19.5. The summed E-state index contributed by atoms with van der Waals surface area (Å²) in [5, 5.41) is 13.2. The first kappa shape index (κ1) is 14.4. The fourth-order valence-electron chi connectivity index (χ4n) is 2.32. The lowest BCUT2D eigenvalue weighted by Gasteiger charge is -2.20. The zero-order valence-electron chi connectivity index (χ0n) is 11.2. The third kappa shape index (κ3) is 1.93. The van der Waals surface area contributed by atoms with Gasteiger partial charge in [-0.3, -0.25) is 4.79 Å². The topological polar surface area (TPSA) is 92.9 Å². The number of ether oxygens (including phenoxy) is 1. The summed E-state index contributed by atoms with van der Waals surface area (Å²) >= 11 is 0. The van der Waals surface area contributed by atoms with Gasteiger partial charge in [0.25, 0.3) is 0 Å². The monoisotopic (exact) mass is 312 g/mol. The molecule has 1 fully saturated rings. The van der Waals surface area contributed by atoms with Gasteiger partial charge in [-0.2, -0.15) is 4.39 Å². The Morgan fingerprint density at radius 3 is 2.86 bits per heavy atom. The van der Waals surface area contributed by atoms with Crippen LogP contribution in [0.2, 0.25) is 0 Å². The van der Waals surface area contributed by atoms with Crippen LogP contribution in [0.25, 0.3) is 11.0 Å². The molecule has 3 rings (SSSR count). The molecule has 22 heavy (non-hydrogen) atoms. The number of aliphatic hydroxyl groups is 1. The van der Waals surface area contributed by atoms with Gasteiger partial charge in [0.2, 0.25) is 11.4 Å². The SMILES string of the molecule is C[C@H](O)C1COC(=O)N1c1noc2c(F)c(F)c(C=O)cc12. The number of fused-ring (bicyclic) bond motifs is 1. The predicted molar refractivity (Wildman–Crippen MR) is 68.6 cm³/mol. The summed E-state index contributed by atoms with van der Waals surface area (Å²) in [6.45, 7) is 1.36. The zero-order valence-corrected chi connectivity index (χ0v) is 11.2. The third-order valence-corrected chi connectivity index (χ3v) is 3.47. The van der Waals surface area contributed by atoms with Crippen LogP contribution in [0.1, 0.15) is 17.3 Å². The minimum atomic E-state index is -1.38. The highest BCUT2D eigenvalue weighted by Gasteiger charge is 2.40. The lowest BCUT2D eigenvalue weighted by molar-refractivity contribution is 0.111. The molecule has 0 saturated carbocycles. The third-order valence-electron chi connectivity index (χ3n) is 3.47. The number of aldehydes is 1. The number of carbonyl (C=O) groups excluding carboxylic acids is 2. The van der Waals surface area contributed by atoms with Gasteiger partial charge in [-0.15, -0.1) is 0 Å². The number of hydrogen-bond acceptors (Lipinski definition) is 6. The van der Waals surface area contributed by atoms with E-state index in [1.807, 2.05) is 0 Å². The van der Waals surface area contributed by atoms with Crippen molar-refractivity contribution in [3.63, 3.8) is 0 Å². The van der Waals surface area contributed by atoms with E-state index in [-0.39, 0.29) is 24.1 Å². The molecule has 1 aliphatic rings. The molecule has 2 heterocycles. The predicted octanol–water partition coefficient (Wildman–Crippen LogP) is 1.62. The van der Waals surface area contributed by atoms with Crippen molar-refractivity contribution in [3.8, 4) is 0 Å². The average Bonchev–Trinajstić information content (AvgIpc) is 3.05. The summed E-state index contributed by atoms with van der Waals surface area (Å²) in [6.07, 6.45) is -1.61. The van der Waals surface area contributed by atoms with Crippen molar-refractivity contribution in [3.05, 3.63) is 23.3 Å². The van der Waals surface area contributed by atoms with E-state index in [0.717, 1.165) is 11.0 Å². The highest BCUT2D eigenvalue weighted by Crippen LogP contribution is 2.34. The number of aromatic nitrogens is 1. The van der Waals surface area contributed by atoms with Crippen LogP contribution in [0.3, 0.4) is 0 Å². The maximum Gasteiger partial charge on any atom is 0.416 e. The van der Waals surface area contributed by atoms with E-state index >= 15 is 0 Å². The van der Waals surface area contributed by atoms with Crippen molar-refractivity contribution in [1.29, 1.82) is 0 Å². The largest absolute Gasteiger partial charge is 0.447 e. The second-order valence-corrected chi connectivity index (χ2v) is 4.85. The summed E-state index contributed by atoms with van der Waals surface area (Å²) in [7, 11) is 0. The number of aliphatic hydroxyl groups excluding tert-OH is 1. The summed E-state index contributed by atoms with van der Waals surface area (Å²) in [4.78, 5) is 23.6. The first-order valence-corrected chi connectivity index (χ1v) is 6.32. The highest BCUT2D eigenvalue weighted by molar-refractivity contribution is 6.01. The van der Waals surface area contributed by atoms with Gasteiger partial charge < -0.3 is 14.4 Å². The van der Waals surface area contributed by atoms with Crippen molar-refractivity contribution in [2.24, 2.45) is 0 Å². The fourth-order valence-corrected chi connectivity index (χ4v) is 2.32. The molecule has 1 amide bonds. The van der Waals surface area contributed by atoms with E-state index in [2.05, 4.69) is 5.16 Å². The van der Waals surface area contributed by atoms with E-state index in [1.54, 1.807) is 0 Å². The first-order valence-electron chi connectivity index (χ1n) is 6.32. The lowest BCUT2D eigenvalue weighted by Crippen LogP contribution is -2.41. The molecule has 1 unspecified atom stereocenters. The summed E-state index contributed by atoms with van der Waals surface area (Å²) in [6, 6.07) is 0.269. The Morgan fingerprint density at radius 2 is 2.23 bits per heavy atom. The standard InChI is InChI=1S/C13H10F2N2O5/c1-5(19)8-4-21-13(20)17(8)12-7-2-6(3-18)9(14)10(15)11(7)22-16-12/h2-3,5,8,19H,4H2,1H3/t5-,8?/m0/s1. The summed E-state index contributed by atoms with van der Waals surface area (Å²) in [5.41, 5.74) is -1.06. The second-order valence-electron chi connectivity index (χ2n) is 4.85. The number of cyclic esters (lactones) is 1. The molecule has 0 bridgehead atoms. The molecule has 9 heteroatoms. The van der Waals surface area contributed by atoms with Crippen LogP contribution in [-0.4, -0.2) is 41.4 Å². The number of rotatable bonds is 3. The average molecular weight is 312 g/mol. The van der Waals surface area contributed by atoms with Crippen LogP contribution in [0.5, 0.6) is 0 Å². The molecule has 1 aromatic carbocycles. The van der Waals surface area contributed by atoms with Gasteiger partial charge in [0.05, 0.1) is 17.1 Å². The van der Waals surface area contributed by atoms with Gasteiger partial charge in [0, 0.05) is 0 Å². The molecular formula is C13H10F2N2O5. The molecule has 0 radical (unpaired) electrons. The van der Waals surface area contributed by atoms with Gasteiger partial charge in [-0.05, 0) is 13.0 Å². The number of hydrogen-bond donors (Lipinski definition) is 1. The number of carbonyl (C=O) groups is 2. The number of amides is 1. The van der Waals surface area contributed by atoms with Gasteiger partial charge in [-0.1, -0.05) is 5.16 Å². The number of benzene rings is 1. The Labute approximate surface area is 122 Å². The van der Waals surface area contributed by atoms with Gasteiger partial charge >= 0.3 is 6.09 Å². The molecule has 2 aromatic rings. The minimum absolute atomic E-state index is 0.0644. The smallest absolute Gasteiger partial charge is 0.416 e. The Balaban J connectivity index is 2.21. The van der Waals surface area contributed by atoms with Gasteiger partial charge in [0.1, 0.15) is 12.6 Å². The minimum Gasteiger partial charge on any atom is -0.447 e. The highest BCUT2D eigenvalue weighted by atomic mass is 19.2. The molecular weight excluding hydrogens is 302 g/mol. The molecule has 1 aromatic heterocycles. The van der Waals surface area contributed by atoms with E-state index < -0.39 is 41.0 Å². The Morgan fingerprint density at radius 1 is 1.50 bits per heavy atom. The van der Waals surface area contributed by atoms with Crippen LogP contribution in [0, 0.1) is 11.6 Å². The van der Waals surface area contributed by atoms with Crippen LogP contribution < -0.4 is 4.90 Å². The summed E-state index contributed by atoms with van der Waals surface area (Å²) in [5.74, 6) is -2.88. The van der Waals surface area contributed by atoms with E-state index in [0.29, 0.717) is 0 Å². The lowest BCUT2D eigenvalue weighted by atomic mass is 10.1. The van der Waals surface area contributed by atoms with Gasteiger partial charge in [0.15, 0.2) is 17.9 Å². The van der Waals surface area contributed by atoms with E-state index in [1.165, 1.54) is 6.92 Å². The van der Waals surface area contributed by atoms with Crippen molar-refractivity contribution in [2.75, 3.05) is 11.5 Å². The first-order chi connectivity index (χ1) is 10.5. The molecule has 0 spiro atoms. The molecule has 116 valence electrons. The van der Waals surface area contributed by atoms with E-state index in [4.69, 9.17) is 9.26 Å². The van der Waals surface area contributed by atoms with Crippen LogP contribution >= 0.6 is 0 Å². The molecule has 1 N–H and O–H groups in total. The number of anilines is 1. The molecule has 1 aliphatic heterocycles. The van der Waals surface area contributed by atoms with Gasteiger partial charge in [-0.25, -0.2) is 14.1 Å². The van der Waals surface area contributed by atoms with Crippen LogP contribution in [0.15, 0.2) is 10.6 Å². The zero-order chi connectivity index (χ0) is 16.0.